The van der Waals surface area contributed by atoms with E-state index in [2.05, 4.69) is 38.6 Å². The number of rotatable bonds is 4. The summed E-state index contributed by atoms with van der Waals surface area (Å²) in [6.07, 6.45) is -3.59. The van der Waals surface area contributed by atoms with Gasteiger partial charge in [-0.3, -0.25) is 4.79 Å². The first-order valence-electron chi connectivity index (χ1n) is 7.34. The maximum absolute atomic E-state index is 12.4. The molecule has 3 aromatic heterocycles. The molecule has 0 saturated carbocycles. The Labute approximate surface area is 173 Å². The fourth-order valence-electron chi connectivity index (χ4n) is 2.59. The van der Waals surface area contributed by atoms with Gasteiger partial charge in [0, 0.05) is 16.7 Å². The Morgan fingerprint density at radius 3 is 2.85 bits per heavy atom. The van der Waals surface area contributed by atoms with E-state index < -0.39 is 12.1 Å². The highest BCUT2D eigenvalue weighted by molar-refractivity contribution is 14.1. The third-order valence-electron chi connectivity index (χ3n) is 3.66. The van der Waals surface area contributed by atoms with E-state index >= 15 is 0 Å². The molecule has 2 N–H and O–H groups in total. The topological polar surface area (TPSA) is 86.5 Å². The lowest BCUT2D eigenvalue weighted by molar-refractivity contribution is -0.173. The van der Waals surface area contributed by atoms with Crippen LogP contribution in [0.25, 0.3) is 21.6 Å². The van der Waals surface area contributed by atoms with Crippen LogP contribution < -0.4 is 5.32 Å². The highest BCUT2D eigenvalue weighted by atomic mass is 127. The van der Waals surface area contributed by atoms with E-state index in [0.717, 1.165) is 8.45 Å². The van der Waals surface area contributed by atoms with E-state index in [4.69, 9.17) is 12.2 Å². The molecule has 0 saturated heterocycles. The van der Waals surface area contributed by atoms with Crippen molar-refractivity contribution in [3.8, 4) is 16.6 Å². The normalized spacial score (nSPS) is 11.5. The Hall–Kier alpha value is -1.98. The van der Waals surface area contributed by atoms with Gasteiger partial charge in [0.15, 0.2) is 0 Å². The Morgan fingerprint density at radius 1 is 1.52 bits per heavy atom. The van der Waals surface area contributed by atoms with Gasteiger partial charge in [-0.1, -0.05) is 12.2 Å². The van der Waals surface area contributed by atoms with Crippen molar-refractivity contribution < 1.29 is 18.0 Å². The molecule has 12 heteroatoms. The summed E-state index contributed by atoms with van der Waals surface area (Å²) < 4.78 is 40.1. The summed E-state index contributed by atoms with van der Waals surface area (Å²) in [7, 11) is 0. The van der Waals surface area contributed by atoms with Gasteiger partial charge in [-0.15, -0.1) is 11.3 Å². The molecule has 0 atom stereocenters. The molecule has 1 amide bonds. The summed E-state index contributed by atoms with van der Waals surface area (Å²) in [6, 6.07) is 3.98. The number of fused-ring (bicyclic) bond motifs is 1. The maximum Gasteiger partial charge on any atom is 0.471 e. The molecule has 0 aliphatic carbocycles. The van der Waals surface area contributed by atoms with Gasteiger partial charge in [0.25, 0.3) is 0 Å². The van der Waals surface area contributed by atoms with Gasteiger partial charge in [0.05, 0.1) is 16.9 Å². The number of halogens is 4. The molecule has 0 spiro atoms. The predicted molar refractivity (Wildman–Crippen MR) is 105 cm³/mol. The van der Waals surface area contributed by atoms with E-state index in [1.807, 2.05) is 16.8 Å². The van der Waals surface area contributed by atoms with E-state index in [0.29, 0.717) is 21.4 Å². The summed E-state index contributed by atoms with van der Waals surface area (Å²) in [5, 5.41) is 13.4. The number of nitrogens with one attached hydrogen (secondary N) is 2. The molecule has 0 bridgehead atoms. The van der Waals surface area contributed by atoms with Gasteiger partial charge in [-0.05, 0) is 34.0 Å². The fraction of sp³-hybridized carbons (Fsp3) is 0.200. The lowest BCUT2D eigenvalue weighted by Gasteiger charge is -2.12. The van der Waals surface area contributed by atoms with Crippen molar-refractivity contribution in [2.45, 2.75) is 12.7 Å². The second-order valence-corrected chi connectivity index (χ2v) is 7.75. The van der Waals surface area contributed by atoms with Crippen LogP contribution in [0.4, 0.5) is 13.2 Å². The number of aromatic amines is 1. The zero-order chi connectivity index (χ0) is 19.8. The number of carbonyl (C=O) groups excluding carboxylic acids is 1. The van der Waals surface area contributed by atoms with Crippen molar-refractivity contribution in [3.05, 3.63) is 31.5 Å². The maximum atomic E-state index is 12.4. The van der Waals surface area contributed by atoms with Crippen LogP contribution in [-0.4, -0.2) is 33.2 Å². The minimum Gasteiger partial charge on any atom is -0.346 e. The van der Waals surface area contributed by atoms with Gasteiger partial charge >= 0.3 is 12.1 Å². The highest BCUT2D eigenvalue weighted by Crippen LogP contribution is 2.38. The highest BCUT2D eigenvalue weighted by Gasteiger charge is 2.38. The lowest BCUT2D eigenvalue weighted by Crippen LogP contribution is -2.38. The SMILES string of the molecule is N#Cc1c(-c2sccc2I)n(CCNC(=O)C(F)(F)F)c2c(=S)[nH]cnc12. The van der Waals surface area contributed by atoms with Crippen molar-refractivity contribution in [1.82, 2.24) is 19.9 Å². The lowest BCUT2D eigenvalue weighted by atomic mass is 10.2. The minimum atomic E-state index is -4.96. The van der Waals surface area contributed by atoms with Crippen LogP contribution in [0, 0.1) is 19.5 Å². The van der Waals surface area contributed by atoms with Crippen molar-refractivity contribution in [2.75, 3.05) is 6.54 Å². The van der Waals surface area contributed by atoms with Gasteiger partial charge in [-0.25, -0.2) is 4.98 Å². The van der Waals surface area contributed by atoms with Gasteiger partial charge < -0.3 is 14.9 Å². The number of thiophene rings is 1. The molecule has 3 heterocycles. The van der Waals surface area contributed by atoms with Crippen molar-refractivity contribution >= 4 is 63.1 Å². The number of carbonyl (C=O) groups is 1. The van der Waals surface area contributed by atoms with E-state index in [1.165, 1.54) is 17.7 Å². The van der Waals surface area contributed by atoms with E-state index in [-0.39, 0.29) is 18.7 Å². The smallest absolute Gasteiger partial charge is 0.346 e. The molecule has 0 aliphatic rings. The first-order chi connectivity index (χ1) is 12.8. The van der Waals surface area contributed by atoms with Crippen molar-refractivity contribution in [1.29, 1.82) is 5.26 Å². The first kappa shape index (κ1) is 19.8. The molecule has 0 fully saturated rings. The summed E-state index contributed by atoms with van der Waals surface area (Å²) in [5.74, 6) is -2.02. The zero-order valence-electron chi connectivity index (χ0n) is 13.2. The minimum absolute atomic E-state index is 0.00745. The molecule has 0 unspecified atom stereocenters. The monoisotopic (exact) mass is 523 g/mol. The Balaban J connectivity index is 2.13. The van der Waals surface area contributed by atoms with Gasteiger partial charge in [0.2, 0.25) is 0 Å². The number of aromatic nitrogens is 3. The molecule has 0 aromatic carbocycles. The van der Waals surface area contributed by atoms with Crippen LogP contribution in [0.3, 0.4) is 0 Å². The number of H-pyrrole nitrogens is 1. The molecule has 0 aliphatic heterocycles. The summed E-state index contributed by atoms with van der Waals surface area (Å²) in [5.41, 5.74) is 1.60. The average molecular weight is 523 g/mol. The molecular weight excluding hydrogens is 514 g/mol. The third kappa shape index (κ3) is 3.71. The Kier molecular flexibility index (Phi) is 5.54. The molecule has 3 rings (SSSR count). The largest absolute Gasteiger partial charge is 0.471 e. The second kappa shape index (κ2) is 7.56. The van der Waals surface area contributed by atoms with Crippen molar-refractivity contribution in [2.24, 2.45) is 0 Å². The number of alkyl halides is 3. The molecule has 6 nitrogen and oxygen atoms in total. The summed E-state index contributed by atoms with van der Waals surface area (Å²) in [4.78, 5) is 18.8. The number of nitriles is 1. The number of nitrogens with zero attached hydrogens (tertiary/aromatic N) is 3. The van der Waals surface area contributed by atoms with E-state index in [1.54, 1.807) is 4.57 Å². The van der Waals surface area contributed by atoms with Crippen molar-refractivity contribution in [3.63, 3.8) is 0 Å². The summed E-state index contributed by atoms with van der Waals surface area (Å²) >= 11 is 8.80. The third-order valence-corrected chi connectivity index (χ3v) is 6.16. The molecule has 140 valence electrons. The van der Waals surface area contributed by atoms with Crippen LogP contribution in [0.1, 0.15) is 5.56 Å². The number of amides is 1. The van der Waals surface area contributed by atoms with Crippen LogP contribution in [0.2, 0.25) is 0 Å². The zero-order valence-corrected chi connectivity index (χ0v) is 17.0. The average Bonchev–Trinajstić information content (AvgIpc) is 3.15. The van der Waals surface area contributed by atoms with Crippen LogP contribution in [0.15, 0.2) is 17.8 Å². The summed E-state index contributed by atoms with van der Waals surface area (Å²) in [6.45, 7) is -0.294. The number of hydrogen-bond acceptors (Lipinski definition) is 5. The van der Waals surface area contributed by atoms with Crippen LogP contribution in [-0.2, 0) is 11.3 Å². The van der Waals surface area contributed by atoms with Gasteiger partial charge in [-0.2, -0.15) is 18.4 Å². The van der Waals surface area contributed by atoms with E-state index in [9.17, 15) is 23.2 Å². The predicted octanol–water partition coefficient (Wildman–Crippen LogP) is 3.98. The second-order valence-electron chi connectivity index (χ2n) is 5.27. The Bertz CT molecular complexity index is 1130. The van der Waals surface area contributed by atoms with Gasteiger partial charge in [0.1, 0.15) is 27.3 Å². The van der Waals surface area contributed by atoms with Crippen LogP contribution >= 0.6 is 46.1 Å². The Morgan fingerprint density at radius 2 is 2.26 bits per heavy atom. The molecule has 27 heavy (non-hydrogen) atoms. The fourth-order valence-corrected chi connectivity index (χ4v) is 4.76. The quantitative estimate of drug-likeness (QED) is 0.401. The number of hydrogen-bond donors (Lipinski definition) is 2. The standard InChI is InChI=1S/C15H9F3IN5OS2/c16-15(17,18)14(25)21-2-3-24-10(12-8(19)1-4-27-12)7(5-20)9-11(24)13(26)23-6-22-9/h1,4,6H,2-3H2,(H,21,25)(H,22,23,26). The molecule has 3 aromatic rings. The molecule has 0 radical (unpaired) electrons. The molecular formula is C15H9F3IN5OS2. The van der Waals surface area contributed by atoms with Crippen LogP contribution in [0.5, 0.6) is 0 Å². The first-order valence-corrected chi connectivity index (χ1v) is 9.70.